The third kappa shape index (κ3) is 4.26. The molecule has 0 bridgehead atoms. The quantitative estimate of drug-likeness (QED) is 0.830. The summed E-state index contributed by atoms with van der Waals surface area (Å²) in [6, 6.07) is 7.86. The number of hydrogen-bond donors (Lipinski definition) is 1. The van der Waals surface area contributed by atoms with Crippen LogP contribution in [0.3, 0.4) is 0 Å². The summed E-state index contributed by atoms with van der Waals surface area (Å²) in [7, 11) is 1.98. The first kappa shape index (κ1) is 15.9. The molecule has 3 nitrogen and oxygen atoms in total. The van der Waals surface area contributed by atoms with Gasteiger partial charge in [0.1, 0.15) is 5.82 Å². The zero-order chi connectivity index (χ0) is 15.2. The van der Waals surface area contributed by atoms with Gasteiger partial charge in [-0.25, -0.2) is 9.97 Å². The van der Waals surface area contributed by atoms with E-state index in [2.05, 4.69) is 29.1 Å². The molecule has 0 saturated carbocycles. The molecule has 0 aliphatic heterocycles. The third-order valence-electron chi connectivity index (χ3n) is 3.63. The SMILES string of the molecule is CNCCCc1c(C)nc(Cc2ccccc2Cl)nc1C. The van der Waals surface area contributed by atoms with Crippen molar-refractivity contribution < 1.29 is 0 Å². The molecule has 2 aromatic rings. The van der Waals surface area contributed by atoms with E-state index < -0.39 is 0 Å². The summed E-state index contributed by atoms with van der Waals surface area (Å²) in [5.74, 6) is 0.843. The van der Waals surface area contributed by atoms with Gasteiger partial charge in [-0.1, -0.05) is 29.8 Å². The predicted molar refractivity (Wildman–Crippen MR) is 88.0 cm³/mol. The van der Waals surface area contributed by atoms with Crippen LogP contribution < -0.4 is 5.32 Å². The highest BCUT2D eigenvalue weighted by atomic mass is 35.5. The summed E-state index contributed by atoms with van der Waals surface area (Å²) >= 11 is 6.21. The number of nitrogens with one attached hydrogen (secondary N) is 1. The zero-order valence-corrected chi connectivity index (χ0v) is 13.7. The molecule has 4 heteroatoms. The Hall–Kier alpha value is -1.45. The molecule has 0 saturated heterocycles. The second-order valence-electron chi connectivity index (χ2n) is 5.26. The lowest BCUT2D eigenvalue weighted by Crippen LogP contribution is -2.11. The first-order valence-electron chi connectivity index (χ1n) is 7.32. The van der Waals surface area contributed by atoms with Gasteiger partial charge in [-0.2, -0.15) is 0 Å². The van der Waals surface area contributed by atoms with Gasteiger partial charge in [0, 0.05) is 22.8 Å². The normalized spacial score (nSPS) is 10.9. The summed E-state index contributed by atoms with van der Waals surface area (Å²) in [6.07, 6.45) is 2.80. The first-order chi connectivity index (χ1) is 10.1. The molecule has 1 N–H and O–H groups in total. The molecule has 0 radical (unpaired) electrons. The molecular formula is C17H22ClN3. The van der Waals surface area contributed by atoms with Gasteiger partial charge in [-0.15, -0.1) is 0 Å². The van der Waals surface area contributed by atoms with Crippen LogP contribution in [-0.4, -0.2) is 23.6 Å². The first-order valence-corrected chi connectivity index (χ1v) is 7.70. The van der Waals surface area contributed by atoms with Crippen molar-refractivity contribution in [2.45, 2.75) is 33.1 Å². The Balaban J connectivity index is 2.17. The van der Waals surface area contributed by atoms with E-state index in [0.717, 1.165) is 47.2 Å². The van der Waals surface area contributed by atoms with Gasteiger partial charge in [-0.05, 0) is 57.5 Å². The molecule has 2 rings (SSSR count). The predicted octanol–water partition coefficient (Wildman–Crippen LogP) is 3.49. The van der Waals surface area contributed by atoms with Gasteiger partial charge in [0.2, 0.25) is 0 Å². The van der Waals surface area contributed by atoms with E-state index in [1.165, 1.54) is 5.56 Å². The Labute approximate surface area is 131 Å². The van der Waals surface area contributed by atoms with Crippen LogP contribution in [0.5, 0.6) is 0 Å². The van der Waals surface area contributed by atoms with E-state index in [-0.39, 0.29) is 0 Å². The molecule has 1 aromatic carbocycles. The average Bonchev–Trinajstić information content (AvgIpc) is 2.44. The molecule has 112 valence electrons. The molecule has 0 amide bonds. The highest BCUT2D eigenvalue weighted by Crippen LogP contribution is 2.19. The molecule has 0 aliphatic carbocycles. The third-order valence-corrected chi connectivity index (χ3v) is 4.00. The van der Waals surface area contributed by atoms with Gasteiger partial charge >= 0.3 is 0 Å². The molecule has 1 heterocycles. The van der Waals surface area contributed by atoms with Crippen molar-refractivity contribution in [2.75, 3.05) is 13.6 Å². The van der Waals surface area contributed by atoms with Gasteiger partial charge in [0.25, 0.3) is 0 Å². The molecule has 0 fully saturated rings. The molecule has 0 unspecified atom stereocenters. The fraction of sp³-hybridized carbons (Fsp3) is 0.412. The summed E-state index contributed by atoms with van der Waals surface area (Å²) < 4.78 is 0. The Morgan fingerprint density at radius 1 is 1.10 bits per heavy atom. The lowest BCUT2D eigenvalue weighted by molar-refractivity contribution is 0.712. The van der Waals surface area contributed by atoms with Crippen molar-refractivity contribution >= 4 is 11.6 Å². The Kier molecular flexibility index (Phi) is 5.71. The second-order valence-corrected chi connectivity index (χ2v) is 5.67. The summed E-state index contributed by atoms with van der Waals surface area (Å²) in [5.41, 5.74) is 4.51. The average molecular weight is 304 g/mol. The Bertz CT molecular complexity index is 588. The largest absolute Gasteiger partial charge is 0.320 e. The summed E-state index contributed by atoms with van der Waals surface area (Å²) in [6.45, 7) is 5.15. The molecule has 0 aliphatic rings. The van der Waals surface area contributed by atoms with Crippen LogP contribution >= 0.6 is 11.6 Å². The van der Waals surface area contributed by atoms with E-state index >= 15 is 0 Å². The molecule has 21 heavy (non-hydrogen) atoms. The van der Waals surface area contributed by atoms with Gasteiger partial charge in [-0.3, -0.25) is 0 Å². The minimum Gasteiger partial charge on any atom is -0.320 e. The van der Waals surface area contributed by atoms with E-state index in [1.54, 1.807) is 0 Å². The number of aromatic nitrogens is 2. The van der Waals surface area contributed by atoms with Crippen molar-refractivity contribution in [1.82, 2.24) is 15.3 Å². The Morgan fingerprint density at radius 2 is 1.76 bits per heavy atom. The van der Waals surface area contributed by atoms with E-state index in [0.29, 0.717) is 6.42 Å². The summed E-state index contributed by atoms with van der Waals surface area (Å²) in [4.78, 5) is 9.32. The number of benzene rings is 1. The topological polar surface area (TPSA) is 37.8 Å². The van der Waals surface area contributed by atoms with Crippen molar-refractivity contribution in [3.05, 3.63) is 57.6 Å². The second kappa shape index (κ2) is 7.53. The lowest BCUT2D eigenvalue weighted by atomic mass is 10.1. The monoisotopic (exact) mass is 303 g/mol. The zero-order valence-electron chi connectivity index (χ0n) is 12.9. The smallest absolute Gasteiger partial charge is 0.133 e. The highest BCUT2D eigenvalue weighted by molar-refractivity contribution is 6.31. The van der Waals surface area contributed by atoms with Crippen LogP contribution in [0.15, 0.2) is 24.3 Å². The number of hydrogen-bond acceptors (Lipinski definition) is 3. The van der Waals surface area contributed by atoms with E-state index in [9.17, 15) is 0 Å². The number of halogens is 1. The van der Waals surface area contributed by atoms with E-state index in [1.807, 2.05) is 31.3 Å². The number of aryl methyl sites for hydroxylation is 2. The minimum atomic E-state index is 0.679. The highest BCUT2D eigenvalue weighted by Gasteiger charge is 2.10. The maximum atomic E-state index is 6.21. The van der Waals surface area contributed by atoms with Crippen molar-refractivity contribution in [1.29, 1.82) is 0 Å². The van der Waals surface area contributed by atoms with Crippen LogP contribution in [0.1, 0.15) is 34.8 Å². The fourth-order valence-electron chi connectivity index (χ4n) is 2.50. The van der Waals surface area contributed by atoms with Crippen molar-refractivity contribution in [2.24, 2.45) is 0 Å². The van der Waals surface area contributed by atoms with Crippen molar-refractivity contribution in [3.63, 3.8) is 0 Å². The maximum absolute atomic E-state index is 6.21. The lowest BCUT2D eigenvalue weighted by Gasteiger charge is -2.11. The summed E-state index contributed by atoms with van der Waals surface area (Å²) in [5, 5.41) is 3.94. The van der Waals surface area contributed by atoms with Gasteiger partial charge in [0.15, 0.2) is 0 Å². The maximum Gasteiger partial charge on any atom is 0.133 e. The molecule has 0 atom stereocenters. The van der Waals surface area contributed by atoms with Crippen LogP contribution in [0.25, 0.3) is 0 Å². The van der Waals surface area contributed by atoms with Crippen LogP contribution in [0.4, 0.5) is 0 Å². The Morgan fingerprint density at radius 3 is 2.38 bits per heavy atom. The molecule has 1 aromatic heterocycles. The van der Waals surface area contributed by atoms with Crippen LogP contribution in [0, 0.1) is 13.8 Å². The number of nitrogens with zero attached hydrogens (tertiary/aromatic N) is 2. The molecule has 0 spiro atoms. The van der Waals surface area contributed by atoms with E-state index in [4.69, 9.17) is 11.6 Å². The van der Waals surface area contributed by atoms with Crippen molar-refractivity contribution in [3.8, 4) is 0 Å². The van der Waals surface area contributed by atoms with Gasteiger partial charge in [0.05, 0.1) is 0 Å². The molecular weight excluding hydrogens is 282 g/mol. The fourth-order valence-corrected chi connectivity index (χ4v) is 2.71. The van der Waals surface area contributed by atoms with Crippen LogP contribution in [-0.2, 0) is 12.8 Å². The number of rotatable bonds is 6. The standard InChI is InChI=1S/C17H22ClN3/c1-12-15(8-6-10-19-3)13(2)21-17(20-12)11-14-7-4-5-9-16(14)18/h4-5,7,9,19H,6,8,10-11H2,1-3H3. The minimum absolute atomic E-state index is 0.679. The van der Waals surface area contributed by atoms with Gasteiger partial charge < -0.3 is 5.32 Å². The van der Waals surface area contributed by atoms with Crippen LogP contribution in [0.2, 0.25) is 5.02 Å².